The molecule has 4 aliphatic rings. The fourth-order valence-corrected chi connectivity index (χ4v) is 10.2. The molecule has 4 fully saturated rings. The van der Waals surface area contributed by atoms with Gasteiger partial charge < -0.3 is 4.74 Å². The first kappa shape index (κ1) is 30.0. The molecule has 0 N–H and O–H groups in total. The average Bonchev–Trinajstić information content (AvgIpc) is 3.01. The van der Waals surface area contributed by atoms with Crippen LogP contribution in [0.2, 0.25) is 0 Å². The van der Waals surface area contributed by atoms with E-state index in [1.54, 1.807) is 48.5 Å². The molecule has 0 heterocycles. The monoisotopic (exact) mass is 602 g/mol. The molecule has 0 radical (unpaired) electrons. The molecule has 0 aliphatic heterocycles. The highest BCUT2D eigenvalue weighted by atomic mass is 32.2. The van der Waals surface area contributed by atoms with Crippen molar-refractivity contribution in [2.24, 2.45) is 28.6 Å². The lowest BCUT2D eigenvalue weighted by atomic mass is 9.44. The quantitative estimate of drug-likeness (QED) is 0.0965. The largest absolute Gasteiger partial charge is 0.458 e. The first-order chi connectivity index (χ1) is 20.5. The van der Waals surface area contributed by atoms with Crippen LogP contribution in [-0.2, 0) is 23.8 Å². The van der Waals surface area contributed by atoms with Crippen LogP contribution in [0.15, 0.2) is 77.7 Å². The minimum atomic E-state index is -4.32. The molecule has 1 atom stereocenters. The van der Waals surface area contributed by atoms with E-state index in [2.05, 4.69) is 13.8 Å². The van der Waals surface area contributed by atoms with Crippen molar-refractivity contribution in [2.75, 3.05) is 6.61 Å². The Kier molecular flexibility index (Phi) is 7.79. The van der Waals surface area contributed by atoms with E-state index in [0.717, 1.165) is 24.6 Å². The van der Waals surface area contributed by atoms with Crippen LogP contribution in [0, 0.1) is 28.6 Å². The van der Waals surface area contributed by atoms with E-state index in [-0.39, 0.29) is 10.3 Å². The number of Topliss-reactive ketones (excluding diaryl/α,β-unsaturated/α-hetero) is 1. The van der Waals surface area contributed by atoms with Gasteiger partial charge >= 0.3 is 5.97 Å². The van der Waals surface area contributed by atoms with Crippen molar-refractivity contribution in [3.8, 4) is 0 Å². The molecule has 0 spiro atoms. The number of carbonyl (C=O) groups is 2. The Bertz CT molecular complexity index is 1580. The lowest BCUT2D eigenvalue weighted by Crippen LogP contribution is -2.61. The smallest absolute Gasteiger partial charge is 0.322 e. The Hall–Kier alpha value is -3.03. The lowest BCUT2D eigenvalue weighted by molar-refractivity contribution is -0.218. The van der Waals surface area contributed by atoms with Crippen molar-refractivity contribution in [3.63, 3.8) is 0 Å². The van der Waals surface area contributed by atoms with E-state index in [9.17, 15) is 18.0 Å². The molecule has 0 amide bonds. The van der Waals surface area contributed by atoms with Gasteiger partial charge in [-0.15, -0.1) is 0 Å². The lowest BCUT2D eigenvalue weighted by Gasteiger charge is -2.63. The van der Waals surface area contributed by atoms with Gasteiger partial charge in [-0.05, 0) is 87.5 Å². The fraction of sp³-hybridized carbons (Fsp3) is 0.500. The van der Waals surface area contributed by atoms with Gasteiger partial charge in [-0.1, -0.05) is 80.6 Å². The van der Waals surface area contributed by atoms with Gasteiger partial charge in [0.15, 0.2) is 11.2 Å². The summed E-state index contributed by atoms with van der Waals surface area (Å²) in [4.78, 5) is 28.6. The van der Waals surface area contributed by atoms with Gasteiger partial charge in [0.25, 0.3) is 10.1 Å². The SMILES string of the molecule is CCC(CC)(OC(=O)C(C)(COS(=O)(=O)c1cccc2ccccc12)C(=O)c1ccccc1)C12CC3CC(CC(C3)C1)C2. The second-order valence-corrected chi connectivity index (χ2v) is 15.1. The molecular weight excluding hydrogens is 560 g/mol. The Morgan fingerprint density at radius 2 is 1.37 bits per heavy atom. The van der Waals surface area contributed by atoms with Crippen molar-refractivity contribution in [1.29, 1.82) is 0 Å². The summed E-state index contributed by atoms with van der Waals surface area (Å²) in [6, 6.07) is 20.6. The molecule has 6 nitrogen and oxygen atoms in total. The minimum Gasteiger partial charge on any atom is -0.458 e. The predicted octanol–water partition coefficient (Wildman–Crippen LogP) is 7.75. The maximum absolute atomic E-state index is 14.5. The molecule has 43 heavy (non-hydrogen) atoms. The van der Waals surface area contributed by atoms with Crippen LogP contribution < -0.4 is 0 Å². The summed E-state index contributed by atoms with van der Waals surface area (Å²) in [5, 5.41) is 1.27. The number of rotatable bonds is 11. The zero-order valence-corrected chi connectivity index (χ0v) is 26.2. The molecule has 4 bridgehead atoms. The summed E-state index contributed by atoms with van der Waals surface area (Å²) in [6.07, 6.45) is 8.22. The van der Waals surface area contributed by atoms with E-state index in [0.29, 0.717) is 41.5 Å². The van der Waals surface area contributed by atoms with Gasteiger partial charge in [-0.2, -0.15) is 8.42 Å². The standard InChI is InChI=1S/C36H42O6S/c1-4-36(5-2,35-21-25-18-26(22-35)20-27(19-25)23-35)42-33(38)34(3,32(37)29-13-7-6-8-14-29)24-41-43(39,40)31-17-11-15-28-12-9-10-16-30(28)31/h6-17,25-27H,4-5,18-24H2,1-3H3. The second kappa shape index (κ2) is 11.2. The number of hydrogen-bond acceptors (Lipinski definition) is 6. The molecule has 4 aliphatic carbocycles. The van der Waals surface area contributed by atoms with E-state index in [1.807, 2.05) is 18.2 Å². The van der Waals surface area contributed by atoms with Gasteiger partial charge in [-0.3, -0.25) is 13.8 Å². The number of ketones is 1. The summed E-state index contributed by atoms with van der Waals surface area (Å²) < 4.78 is 39.5. The zero-order valence-electron chi connectivity index (χ0n) is 25.4. The zero-order chi connectivity index (χ0) is 30.5. The highest BCUT2D eigenvalue weighted by Gasteiger charge is 2.62. The highest BCUT2D eigenvalue weighted by Crippen LogP contribution is 2.66. The number of esters is 1. The summed E-state index contributed by atoms with van der Waals surface area (Å²) in [5.74, 6) is 0.753. The summed E-state index contributed by atoms with van der Waals surface area (Å²) >= 11 is 0. The van der Waals surface area contributed by atoms with E-state index in [4.69, 9.17) is 8.92 Å². The molecule has 7 rings (SSSR count). The average molecular weight is 603 g/mol. The van der Waals surface area contributed by atoms with E-state index >= 15 is 0 Å². The van der Waals surface area contributed by atoms with Crippen molar-refractivity contribution in [3.05, 3.63) is 78.4 Å². The summed E-state index contributed by atoms with van der Waals surface area (Å²) in [6.45, 7) is 4.97. The van der Waals surface area contributed by atoms with Crippen molar-refractivity contribution >= 4 is 32.6 Å². The highest BCUT2D eigenvalue weighted by molar-refractivity contribution is 7.87. The molecule has 0 aromatic heterocycles. The van der Waals surface area contributed by atoms with Gasteiger partial charge in [0.1, 0.15) is 10.5 Å². The van der Waals surface area contributed by atoms with E-state index < -0.39 is 39.5 Å². The maximum atomic E-state index is 14.5. The van der Waals surface area contributed by atoms with Crippen LogP contribution in [0.5, 0.6) is 0 Å². The van der Waals surface area contributed by atoms with Gasteiger partial charge in [0.05, 0.1) is 6.61 Å². The molecule has 0 saturated heterocycles. The van der Waals surface area contributed by atoms with E-state index in [1.165, 1.54) is 32.3 Å². The molecule has 3 aromatic carbocycles. The van der Waals surface area contributed by atoms with Crippen LogP contribution in [0.3, 0.4) is 0 Å². The molecule has 228 valence electrons. The van der Waals surface area contributed by atoms with Crippen LogP contribution in [-0.4, -0.2) is 32.4 Å². The molecule has 4 saturated carbocycles. The van der Waals surface area contributed by atoms with Crippen LogP contribution >= 0.6 is 0 Å². The number of carbonyl (C=O) groups excluding carboxylic acids is 2. The maximum Gasteiger partial charge on any atom is 0.322 e. The first-order valence-corrected chi connectivity index (χ1v) is 17.2. The second-order valence-electron chi connectivity index (χ2n) is 13.5. The van der Waals surface area contributed by atoms with Crippen LogP contribution in [0.1, 0.15) is 82.5 Å². The molecule has 3 aromatic rings. The number of ether oxygens (including phenoxy) is 1. The third kappa shape index (κ3) is 5.12. The fourth-order valence-electron chi connectivity index (χ4n) is 9.01. The van der Waals surface area contributed by atoms with Gasteiger partial charge in [-0.25, -0.2) is 0 Å². The first-order valence-electron chi connectivity index (χ1n) is 15.8. The van der Waals surface area contributed by atoms with Gasteiger partial charge in [0, 0.05) is 16.4 Å². The Morgan fingerprint density at radius 1 is 0.814 bits per heavy atom. The minimum absolute atomic E-state index is 0.00138. The normalized spacial score (nSPS) is 26.3. The molecule has 7 heteroatoms. The van der Waals surface area contributed by atoms with Gasteiger partial charge in [0.2, 0.25) is 0 Å². The van der Waals surface area contributed by atoms with Crippen LogP contribution in [0.25, 0.3) is 10.8 Å². The summed E-state index contributed by atoms with van der Waals surface area (Å²) in [5.41, 5.74) is -2.42. The number of hydrogen-bond donors (Lipinski definition) is 0. The van der Waals surface area contributed by atoms with Crippen molar-refractivity contribution in [2.45, 2.75) is 82.6 Å². The van der Waals surface area contributed by atoms with Crippen molar-refractivity contribution in [1.82, 2.24) is 0 Å². The topological polar surface area (TPSA) is 86.7 Å². The predicted molar refractivity (Wildman–Crippen MR) is 166 cm³/mol. The number of fused-ring (bicyclic) bond motifs is 1. The molecular formula is C36H42O6S. The Labute approximate surface area is 255 Å². The van der Waals surface area contributed by atoms with Crippen LogP contribution in [0.4, 0.5) is 0 Å². The third-order valence-corrected chi connectivity index (χ3v) is 12.3. The number of benzene rings is 3. The summed E-state index contributed by atoms with van der Waals surface area (Å²) in [7, 11) is -4.32. The third-order valence-electron chi connectivity index (χ3n) is 10.9. The Morgan fingerprint density at radius 3 is 1.98 bits per heavy atom. The molecule has 1 unspecified atom stereocenters. The van der Waals surface area contributed by atoms with Crippen molar-refractivity contribution < 1.29 is 26.9 Å². The Balaban J connectivity index is 1.34.